The summed E-state index contributed by atoms with van der Waals surface area (Å²) in [4.78, 5) is 25.6. The second kappa shape index (κ2) is 5.63. The maximum atomic E-state index is 12.4. The van der Waals surface area contributed by atoms with Crippen molar-refractivity contribution in [3.8, 4) is 0 Å². The van der Waals surface area contributed by atoms with Crippen LogP contribution in [0, 0.1) is 0 Å². The van der Waals surface area contributed by atoms with Crippen molar-refractivity contribution in [3.63, 3.8) is 0 Å². The molecule has 2 rings (SSSR count). The molecule has 1 unspecified atom stereocenters. The van der Waals surface area contributed by atoms with Gasteiger partial charge in [-0.2, -0.15) is 0 Å². The van der Waals surface area contributed by atoms with Gasteiger partial charge >= 0.3 is 6.03 Å². The molecule has 108 valence electrons. The third kappa shape index (κ3) is 2.67. The SMILES string of the molecule is CCCC1(C)NC(=O)N(Cc2ccc(CO)cc2)C1=O. The van der Waals surface area contributed by atoms with Crippen molar-refractivity contribution >= 4 is 11.9 Å². The number of aliphatic hydroxyl groups excluding tert-OH is 1. The second-order valence-electron chi connectivity index (χ2n) is 5.38. The van der Waals surface area contributed by atoms with E-state index in [-0.39, 0.29) is 25.1 Å². The molecule has 0 radical (unpaired) electrons. The topological polar surface area (TPSA) is 69.6 Å². The van der Waals surface area contributed by atoms with Crippen molar-refractivity contribution < 1.29 is 14.7 Å². The highest BCUT2D eigenvalue weighted by molar-refractivity contribution is 6.06. The van der Waals surface area contributed by atoms with Gasteiger partial charge in [0, 0.05) is 0 Å². The lowest BCUT2D eigenvalue weighted by Crippen LogP contribution is -2.43. The Kier molecular flexibility index (Phi) is 4.09. The minimum absolute atomic E-state index is 0.0159. The Morgan fingerprint density at radius 3 is 2.35 bits per heavy atom. The third-order valence-electron chi connectivity index (χ3n) is 3.64. The van der Waals surface area contributed by atoms with E-state index in [9.17, 15) is 9.59 Å². The fraction of sp³-hybridized carbons (Fsp3) is 0.467. The summed E-state index contributed by atoms with van der Waals surface area (Å²) >= 11 is 0. The normalized spacial score (nSPS) is 22.2. The average Bonchev–Trinajstić information content (AvgIpc) is 2.64. The molecule has 1 aromatic rings. The van der Waals surface area contributed by atoms with Crippen LogP contribution in [0.1, 0.15) is 37.8 Å². The second-order valence-corrected chi connectivity index (χ2v) is 5.38. The Hall–Kier alpha value is -1.88. The first kappa shape index (κ1) is 14.5. The van der Waals surface area contributed by atoms with Crippen molar-refractivity contribution in [2.24, 2.45) is 0 Å². The highest BCUT2D eigenvalue weighted by Crippen LogP contribution is 2.24. The van der Waals surface area contributed by atoms with Crippen LogP contribution in [-0.4, -0.2) is 27.5 Å². The Morgan fingerprint density at radius 2 is 1.80 bits per heavy atom. The van der Waals surface area contributed by atoms with Gasteiger partial charge in [0.2, 0.25) is 0 Å². The maximum Gasteiger partial charge on any atom is 0.325 e. The number of hydrogen-bond donors (Lipinski definition) is 2. The summed E-state index contributed by atoms with van der Waals surface area (Å²) in [7, 11) is 0. The standard InChI is InChI=1S/C15H20N2O3/c1-3-8-15(2)13(19)17(14(20)16-15)9-11-4-6-12(10-18)7-5-11/h4-7,18H,3,8-10H2,1-2H3,(H,16,20). The molecule has 1 aromatic carbocycles. The zero-order chi connectivity index (χ0) is 14.8. The zero-order valence-electron chi connectivity index (χ0n) is 11.8. The number of urea groups is 1. The van der Waals surface area contributed by atoms with Crippen molar-refractivity contribution in [3.05, 3.63) is 35.4 Å². The van der Waals surface area contributed by atoms with E-state index in [1.54, 1.807) is 19.1 Å². The molecular formula is C15H20N2O3. The minimum atomic E-state index is -0.781. The smallest absolute Gasteiger partial charge is 0.325 e. The molecule has 20 heavy (non-hydrogen) atoms. The molecule has 1 heterocycles. The number of carbonyl (C=O) groups excluding carboxylic acids is 2. The van der Waals surface area contributed by atoms with Gasteiger partial charge in [0.15, 0.2) is 0 Å². The number of rotatable bonds is 5. The predicted molar refractivity (Wildman–Crippen MR) is 74.8 cm³/mol. The molecule has 5 nitrogen and oxygen atoms in total. The molecule has 1 saturated heterocycles. The molecule has 0 saturated carbocycles. The van der Waals surface area contributed by atoms with Gasteiger partial charge in [0.05, 0.1) is 13.2 Å². The summed E-state index contributed by atoms with van der Waals surface area (Å²) in [6.07, 6.45) is 1.47. The van der Waals surface area contributed by atoms with E-state index in [1.807, 2.05) is 19.1 Å². The lowest BCUT2D eigenvalue weighted by molar-refractivity contribution is -0.131. The number of hydrogen-bond acceptors (Lipinski definition) is 3. The molecule has 0 aromatic heterocycles. The molecule has 1 fully saturated rings. The molecule has 1 aliphatic heterocycles. The van der Waals surface area contributed by atoms with Gasteiger partial charge in [-0.25, -0.2) is 4.79 Å². The van der Waals surface area contributed by atoms with Crippen molar-refractivity contribution in [2.75, 3.05) is 0 Å². The van der Waals surface area contributed by atoms with Crippen LogP contribution in [0.15, 0.2) is 24.3 Å². The Morgan fingerprint density at radius 1 is 1.20 bits per heavy atom. The van der Waals surface area contributed by atoms with E-state index in [0.717, 1.165) is 17.5 Å². The monoisotopic (exact) mass is 276 g/mol. The molecule has 1 aliphatic rings. The van der Waals surface area contributed by atoms with Crippen LogP contribution in [-0.2, 0) is 17.9 Å². The van der Waals surface area contributed by atoms with E-state index < -0.39 is 5.54 Å². The van der Waals surface area contributed by atoms with Crippen LogP contribution in [0.4, 0.5) is 4.79 Å². The van der Waals surface area contributed by atoms with E-state index in [1.165, 1.54) is 4.90 Å². The number of imide groups is 1. The summed E-state index contributed by atoms with van der Waals surface area (Å²) in [6.45, 7) is 4.00. The highest BCUT2D eigenvalue weighted by atomic mass is 16.3. The molecule has 5 heteroatoms. The summed E-state index contributed by atoms with van der Waals surface area (Å²) < 4.78 is 0. The Labute approximate surface area is 118 Å². The van der Waals surface area contributed by atoms with Gasteiger partial charge in [-0.3, -0.25) is 9.69 Å². The average molecular weight is 276 g/mol. The number of benzene rings is 1. The molecule has 0 spiro atoms. The van der Waals surface area contributed by atoms with Gasteiger partial charge in [-0.1, -0.05) is 37.6 Å². The van der Waals surface area contributed by atoms with Crippen molar-refractivity contribution in [1.29, 1.82) is 0 Å². The van der Waals surface area contributed by atoms with Gasteiger partial charge in [0.25, 0.3) is 5.91 Å². The van der Waals surface area contributed by atoms with Crippen molar-refractivity contribution in [1.82, 2.24) is 10.2 Å². The lowest BCUT2D eigenvalue weighted by atomic mass is 9.96. The largest absolute Gasteiger partial charge is 0.392 e. The Balaban J connectivity index is 2.12. The molecule has 2 N–H and O–H groups in total. The van der Waals surface area contributed by atoms with Crippen LogP contribution >= 0.6 is 0 Å². The van der Waals surface area contributed by atoms with Gasteiger partial charge in [-0.15, -0.1) is 0 Å². The first-order valence-corrected chi connectivity index (χ1v) is 6.83. The fourth-order valence-corrected chi connectivity index (χ4v) is 2.49. The van der Waals surface area contributed by atoms with E-state index in [2.05, 4.69) is 5.32 Å². The molecule has 3 amide bonds. The third-order valence-corrected chi connectivity index (χ3v) is 3.64. The van der Waals surface area contributed by atoms with Crippen LogP contribution in [0.2, 0.25) is 0 Å². The number of carbonyl (C=O) groups is 2. The molecular weight excluding hydrogens is 256 g/mol. The lowest BCUT2D eigenvalue weighted by Gasteiger charge is -2.20. The number of nitrogens with zero attached hydrogens (tertiary/aromatic N) is 1. The van der Waals surface area contributed by atoms with E-state index >= 15 is 0 Å². The number of amides is 3. The quantitative estimate of drug-likeness (QED) is 0.806. The molecule has 0 aliphatic carbocycles. The Bertz CT molecular complexity index is 512. The summed E-state index contributed by atoms with van der Waals surface area (Å²) in [5.74, 6) is -0.171. The maximum absolute atomic E-state index is 12.4. The summed E-state index contributed by atoms with van der Waals surface area (Å²) in [6, 6.07) is 6.89. The summed E-state index contributed by atoms with van der Waals surface area (Å²) in [5.41, 5.74) is 0.893. The molecule has 1 atom stereocenters. The molecule has 0 bridgehead atoms. The van der Waals surface area contributed by atoms with Crippen LogP contribution < -0.4 is 5.32 Å². The van der Waals surface area contributed by atoms with Gasteiger partial charge in [-0.05, 0) is 24.5 Å². The highest BCUT2D eigenvalue weighted by Gasteiger charge is 2.46. The first-order valence-electron chi connectivity index (χ1n) is 6.83. The number of nitrogens with one attached hydrogen (secondary N) is 1. The van der Waals surface area contributed by atoms with Crippen LogP contribution in [0.25, 0.3) is 0 Å². The van der Waals surface area contributed by atoms with E-state index in [0.29, 0.717) is 6.42 Å². The minimum Gasteiger partial charge on any atom is -0.392 e. The predicted octanol–water partition coefficient (Wildman–Crippen LogP) is 1.79. The first-order chi connectivity index (χ1) is 9.50. The fourth-order valence-electron chi connectivity index (χ4n) is 2.49. The van der Waals surface area contributed by atoms with Crippen molar-refractivity contribution in [2.45, 2.75) is 45.4 Å². The van der Waals surface area contributed by atoms with Crippen LogP contribution in [0.5, 0.6) is 0 Å². The van der Waals surface area contributed by atoms with E-state index in [4.69, 9.17) is 5.11 Å². The van der Waals surface area contributed by atoms with Crippen LogP contribution in [0.3, 0.4) is 0 Å². The van der Waals surface area contributed by atoms with Gasteiger partial charge < -0.3 is 10.4 Å². The summed E-state index contributed by atoms with van der Waals surface area (Å²) in [5, 5.41) is 11.8. The zero-order valence-corrected chi connectivity index (χ0v) is 11.8. The number of aliphatic hydroxyl groups is 1. The van der Waals surface area contributed by atoms with Gasteiger partial charge in [0.1, 0.15) is 5.54 Å².